The predicted molar refractivity (Wildman–Crippen MR) is 112 cm³/mol. The summed E-state index contributed by atoms with van der Waals surface area (Å²) in [7, 11) is 0. The van der Waals surface area contributed by atoms with Crippen molar-refractivity contribution in [2.75, 3.05) is 19.6 Å². The summed E-state index contributed by atoms with van der Waals surface area (Å²) in [6.07, 6.45) is 5.42. The minimum absolute atomic E-state index is 0.132. The number of likely N-dealkylation sites (tertiary alicyclic amines) is 2. The highest BCUT2D eigenvalue weighted by molar-refractivity contribution is 5.91. The molecular formula is C24H31N3O2. The first-order valence-electron chi connectivity index (χ1n) is 11.0. The van der Waals surface area contributed by atoms with Crippen molar-refractivity contribution in [3.63, 3.8) is 0 Å². The smallest absolute Gasteiger partial charge is 0.233 e. The van der Waals surface area contributed by atoms with Crippen LogP contribution in [0.4, 0.5) is 0 Å². The fourth-order valence-corrected chi connectivity index (χ4v) is 5.43. The van der Waals surface area contributed by atoms with Crippen molar-refractivity contribution in [2.24, 2.45) is 0 Å². The minimum atomic E-state index is -0.261. The molecule has 3 aliphatic rings. The zero-order valence-electron chi connectivity index (χ0n) is 17.8. The lowest BCUT2D eigenvalue weighted by atomic mass is 9.76. The van der Waals surface area contributed by atoms with Crippen molar-refractivity contribution in [1.29, 1.82) is 0 Å². The van der Waals surface area contributed by atoms with Gasteiger partial charge in [0.2, 0.25) is 5.91 Å². The van der Waals surface area contributed by atoms with Crippen LogP contribution >= 0.6 is 0 Å². The Balaban J connectivity index is 1.33. The number of hydrogen-bond acceptors (Lipinski definition) is 4. The monoisotopic (exact) mass is 393 g/mol. The number of aryl methyl sites for hydroxylation is 3. The zero-order chi connectivity index (χ0) is 20.2. The number of carbonyl (C=O) groups is 1. The molecular weight excluding hydrogens is 362 g/mol. The summed E-state index contributed by atoms with van der Waals surface area (Å²) in [5.41, 5.74) is 4.53. The summed E-state index contributed by atoms with van der Waals surface area (Å²) < 4.78 is 5.37. The van der Waals surface area contributed by atoms with E-state index in [2.05, 4.69) is 46.1 Å². The van der Waals surface area contributed by atoms with E-state index in [9.17, 15) is 4.79 Å². The number of benzene rings is 1. The fraction of sp³-hybridized carbons (Fsp3) is 0.583. The van der Waals surface area contributed by atoms with Gasteiger partial charge in [-0.3, -0.25) is 9.69 Å². The predicted octanol–water partition coefficient (Wildman–Crippen LogP) is 3.90. The molecule has 1 atom stereocenters. The van der Waals surface area contributed by atoms with Gasteiger partial charge in [0, 0.05) is 37.3 Å². The zero-order valence-corrected chi connectivity index (χ0v) is 17.8. The van der Waals surface area contributed by atoms with Gasteiger partial charge >= 0.3 is 0 Å². The Bertz CT molecular complexity index is 909. The SMILES string of the molecule is Cc1ccc(C2(C(=O)N3CCCC4(CCN4Cc4c(C)noc4C)C3)CC2)cc1. The van der Waals surface area contributed by atoms with Crippen molar-refractivity contribution in [1.82, 2.24) is 15.0 Å². The van der Waals surface area contributed by atoms with E-state index in [1.165, 1.54) is 29.5 Å². The molecule has 1 unspecified atom stereocenters. The van der Waals surface area contributed by atoms with Crippen LogP contribution in [0.3, 0.4) is 0 Å². The van der Waals surface area contributed by atoms with E-state index >= 15 is 0 Å². The third-order valence-corrected chi connectivity index (χ3v) is 7.65. The van der Waals surface area contributed by atoms with Crippen LogP contribution < -0.4 is 0 Å². The minimum Gasteiger partial charge on any atom is -0.361 e. The molecule has 0 bridgehead atoms. The molecule has 2 aliphatic heterocycles. The third kappa shape index (κ3) is 3.02. The van der Waals surface area contributed by atoms with Gasteiger partial charge in [-0.05, 0) is 58.4 Å². The van der Waals surface area contributed by atoms with Crippen molar-refractivity contribution in [2.45, 2.75) is 70.4 Å². The summed E-state index contributed by atoms with van der Waals surface area (Å²) in [4.78, 5) is 18.3. The molecule has 0 radical (unpaired) electrons. The molecule has 1 spiro atoms. The quantitative estimate of drug-likeness (QED) is 0.791. The van der Waals surface area contributed by atoms with Crippen LogP contribution in [0.1, 0.15) is 60.2 Å². The molecule has 1 aromatic heterocycles. The summed E-state index contributed by atoms with van der Waals surface area (Å²) in [5.74, 6) is 1.27. The Morgan fingerprint density at radius 3 is 2.41 bits per heavy atom. The lowest BCUT2D eigenvalue weighted by molar-refractivity contribution is -0.143. The van der Waals surface area contributed by atoms with E-state index in [0.717, 1.165) is 56.9 Å². The van der Waals surface area contributed by atoms with Gasteiger partial charge in [-0.25, -0.2) is 0 Å². The van der Waals surface area contributed by atoms with Crippen LogP contribution in [-0.2, 0) is 16.8 Å². The number of amides is 1. The molecule has 29 heavy (non-hydrogen) atoms. The lowest BCUT2D eigenvalue weighted by Crippen LogP contribution is -2.67. The summed E-state index contributed by atoms with van der Waals surface area (Å²) >= 11 is 0. The lowest BCUT2D eigenvalue weighted by Gasteiger charge is -2.57. The summed E-state index contributed by atoms with van der Waals surface area (Å²) in [5, 5.41) is 4.12. The third-order valence-electron chi connectivity index (χ3n) is 7.65. The first-order valence-corrected chi connectivity index (χ1v) is 11.0. The second-order valence-electron chi connectivity index (χ2n) is 9.48. The van der Waals surface area contributed by atoms with Gasteiger partial charge in [-0.1, -0.05) is 35.0 Å². The van der Waals surface area contributed by atoms with Gasteiger partial charge in [-0.15, -0.1) is 0 Å². The van der Waals surface area contributed by atoms with Crippen LogP contribution in [0.25, 0.3) is 0 Å². The maximum atomic E-state index is 13.6. The molecule has 3 heterocycles. The normalized spacial score (nSPS) is 25.8. The number of hydrogen-bond donors (Lipinski definition) is 0. The Kier molecular flexibility index (Phi) is 4.35. The Morgan fingerprint density at radius 1 is 1.07 bits per heavy atom. The maximum absolute atomic E-state index is 13.6. The first-order chi connectivity index (χ1) is 13.9. The van der Waals surface area contributed by atoms with Gasteiger partial charge in [0.15, 0.2) is 0 Å². The molecule has 5 rings (SSSR count). The summed E-state index contributed by atoms with van der Waals surface area (Å²) in [6, 6.07) is 8.59. The molecule has 3 fully saturated rings. The van der Waals surface area contributed by atoms with Gasteiger partial charge in [0.05, 0.1) is 11.1 Å². The van der Waals surface area contributed by atoms with Crippen LogP contribution in [-0.4, -0.2) is 46.0 Å². The summed E-state index contributed by atoms with van der Waals surface area (Å²) in [6.45, 7) is 9.85. The highest BCUT2D eigenvalue weighted by Crippen LogP contribution is 2.51. The van der Waals surface area contributed by atoms with Gasteiger partial charge in [-0.2, -0.15) is 0 Å². The molecule has 1 saturated carbocycles. The topological polar surface area (TPSA) is 49.6 Å². The Labute approximate surface area is 173 Å². The van der Waals surface area contributed by atoms with Gasteiger partial charge in [0.1, 0.15) is 5.76 Å². The van der Waals surface area contributed by atoms with Crippen LogP contribution in [0.2, 0.25) is 0 Å². The molecule has 2 saturated heterocycles. The van der Waals surface area contributed by atoms with Gasteiger partial charge < -0.3 is 9.42 Å². The number of piperidine rings is 1. The average Bonchev–Trinajstić information content (AvgIpc) is 3.47. The van der Waals surface area contributed by atoms with Gasteiger partial charge in [0.25, 0.3) is 0 Å². The second-order valence-corrected chi connectivity index (χ2v) is 9.48. The molecule has 1 amide bonds. The van der Waals surface area contributed by atoms with E-state index in [1.807, 2.05) is 13.8 Å². The number of aromatic nitrogens is 1. The average molecular weight is 394 g/mol. The van der Waals surface area contributed by atoms with Crippen LogP contribution in [0.15, 0.2) is 28.8 Å². The number of nitrogens with zero attached hydrogens (tertiary/aromatic N) is 3. The van der Waals surface area contributed by atoms with Crippen molar-refractivity contribution in [3.8, 4) is 0 Å². The van der Waals surface area contributed by atoms with Crippen molar-refractivity contribution >= 4 is 5.91 Å². The largest absolute Gasteiger partial charge is 0.361 e. The number of rotatable bonds is 4. The molecule has 0 N–H and O–H groups in total. The van der Waals surface area contributed by atoms with E-state index in [-0.39, 0.29) is 11.0 Å². The molecule has 1 aromatic carbocycles. The Hall–Kier alpha value is -2.14. The van der Waals surface area contributed by atoms with E-state index in [1.54, 1.807) is 0 Å². The molecule has 5 heteroatoms. The van der Waals surface area contributed by atoms with Crippen LogP contribution in [0, 0.1) is 20.8 Å². The van der Waals surface area contributed by atoms with E-state index < -0.39 is 0 Å². The maximum Gasteiger partial charge on any atom is 0.233 e. The highest BCUT2D eigenvalue weighted by atomic mass is 16.5. The Morgan fingerprint density at radius 2 is 1.83 bits per heavy atom. The molecule has 5 nitrogen and oxygen atoms in total. The van der Waals surface area contributed by atoms with Crippen molar-refractivity contribution in [3.05, 3.63) is 52.4 Å². The van der Waals surface area contributed by atoms with E-state index in [0.29, 0.717) is 5.91 Å². The molecule has 154 valence electrons. The fourth-order valence-electron chi connectivity index (χ4n) is 5.43. The van der Waals surface area contributed by atoms with Crippen molar-refractivity contribution < 1.29 is 9.32 Å². The highest BCUT2D eigenvalue weighted by Gasteiger charge is 2.56. The molecule has 1 aliphatic carbocycles. The number of carbonyl (C=O) groups excluding carboxylic acids is 1. The first kappa shape index (κ1) is 18.9. The van der Waals surface area contributed by atoms with E-state index in [4.69, 9.17) is 4.52 Å². The van der Waals surface area contributed by atoms with Crippen LogP contribution in [0.5, 0.6) is 0 Å². The standard InChI is InChI=1S/C24H31N3O2/c1-17-5-7-20(8-6-17)24(10-11-24)22(28)26-13-4-9-23(16-26)12-14-27(23)15-21-18(2)25-29-19(21)3/h5-8H,4,9-16H2,1-3H3. The molecule has 2 aromatic rings. The second kappa shape index (κ2) is 6.69.